The van der Waals surface area contributed by atoms with Crippen molar-refractivity contribution >= 4 is 16.5 Å². The van der Waals surface area contributed by atoms with Crippen LogP contribution in [-0.4, -0.2) is 4.89 Å². The number of aryl methyl sites for hydroxylation is 1. The van der Waals surface area contributed by atoms with Crippen molar-refractivity contribution in [2.75, 3.05) is 0 Å². The van der Waals surface area contributed by atoms with Gasteiger partial charge >= 0.3 is 46.1 Å². The summed E-state index contributed by atoms with van der Waals surface area (Å²) in [5.41, 5.74) is 1.32. The van der Waals surface area contributed by atoms with Crippen molar-refractivity contribution in [3.8, 4) is 0 Å². The minimum atomic E-state index is -3.17. The molecule has 0 aromatic heterocycles. The number of benzene rings is 1. The van der Waals surface area contributed by atoms with E-state index >= 15 is 0 Å². The van der Waals surface area contributed by atoms with Crippen LogP contribution in [0.5, 0.6) is 0 Å². The molecule has 0 fully saturated rings. The van der Waals surface area contributed by atoms with Crippen LogP contribution in [0.3, 0.4) is 0 Å². The van der Waals surface area contributed by atoms with E-state index in [4.69, 9.17) is 4.89 Å². The van der Waals surface area contributed by atoms with Crippen molar-refractivity contribution in [1.29, 1.82) is 0 Å². The molecule has 0 bridgehead atoms. The fourth-order valence-corrected chi connectivity index (χ4v) is 1.05. The maximum absolute atomic E-state index is 9.35. The Morgan fingerprint density at radius 1 is 1.27 bits per heavy atom. The molecule has 2 unspecified atom stereocenters. The molecule has 1 rings (SSSR count). The fraction of sp³-hybridized carbons (Fsp3) is 0.143. The number of hydrogen-bond acceptors (Lipinski definition) is 4. The van der Waals surface area contributed by atoms with Crippen LogP contribution < -0.4 is 34.5 Å². The Labute approximate surface area is 112 Å². The Bertz CT molecular complexity index is 294. The molecule has 76 valence electrons. The molecular formula is C7H9NaO5P2+2. The molecule has 0 aliphatic rings. The van der Waals surface area contributed by atoms with E-state index in [0.29, 0.717) is 0 Å². The van der Waals surface area contributed by atoms with Crippen LogP contribution in [0.2, 0.25) is 0 Å². The van der Waals surface area contributed by atoms with E-state index in [1.807, 2.05) is 18.2 Å². The van der Waals surface area contributed by atoms with E-state index in [9.17, 15) is 14.0 Å². The third-order valence-electron chi connectivity index (χ3n) is 1.08. The van der Waals surface area contributed by atoms with Crippen LogP contribution in [0, 0.1) is 6.92 Å². The quantitative estimate of drug-likeness (QED) is 0.524. The van der Waals surface area contributed by atoms with Crippen molar-refractivity contribution in [3.05, 3.63) is 35.9 Å². The molecule has 1 N–H and O–H groups in total. The van der Waals surface area contributed by atoms with Crippen LogP contribution in [0.4, 0.5) is 0 Å². The van der Waals surface area contributed by atoms with E-state index in [1.165, 1.54) is 5.56 Å². The zero-order valence-corrected chi connectivity index (χ0v) is 12.2. The van der Waals surface area contributed by atoms with E-state index < -0.39 is 16.5 Å². The van der Waals surface area contributed by atoms with Gasteiger partial charge in [0.05, 0.1) is 0 Å². The molecule has 0 radical (unpaired) electrons. The topological polar surface area (TPSA) is 86.7 Å². The summed E-state index contributed by atoms with van der Waals surface area (Å²) in [6, 6.07) is 10.3. The summed E-state index contributed by atoms with van der Waals surface area (Å²) in [7, 11) is -6.16. The Morgan fingerprint density at radius 3 is 1.87 bits per heavy atom. The molecule has 0 saturated carbocycles. The Balaban J connectivity index is 0. The zero-order chi connectivity index (χ0) is 11.0. The van der Waals surface area contributed by atoms with Crippen LogP contribution >= 0.6 is 16.5 Å². The molecule has 0 saturated heterocycles. The van der Waals surface area contributed by atoms with Crippen LogP contribution in [0.25, 0.3) is 0 Å². The first-order chi connectivity index (χ1) is 6.52. The Hall–Kier alpha value is 0.300. The van der Waals surface area contributed by atoms with Gasteiger partial charge in [-0.25, -0.2) is 0 Å². The summed E-state index contributed by atoms with van der Waals surface area (Å²) in [6.45, 7) is 2.08. The average Bonchev–Trinajstić information content (AvgIpc) is 2.03. The van der Waals surface area contributed by atoms with Gasteiger partial charge in [-0.15, -0.1) is 4.89 Å². The molecule has 8 heteroatoms. The fourth-order valence-electron chi connectivity index (χ4n) is 0.591. The summed E-state index contributed by atoms with van der Waals surface area (Å²) in [5.74, 6) is 0. The SMILES string of the molecule is Cc1ccccc1.O=[P+]([O-])O[P+](=O)O.[Na+]. The van der Waals surface area contributed by atoms with Crippen molar-refractivity contribution in [3.63, 3.8) is 0 Å². The summed E-state index contributed by atoms with van der Waals surface area (Å²) >= 11 is 0. The first-order valence-corrected chi connectivity index (χ1v) is 5.75. The predicted octanol–water partition coefficient (Wildman–Crippen LogP) is -1.33. The summed E-state index contributed by atoms with van der Waals surface area (Å²) < 4.78 is 21.9. The molecule has 0 spiro atoms. The molecule has 0 aliphatic heterocycles. The molecule has 1 aromatic carbocycles. The van der Waals surface area contributed by atoms with E-state index in [0.717, 1.165) is 0 Å². The molecule has 1 aromatic rings. The van der Waals surface area contributed by atoms with Crippen molar-refractivity contribution in [1.82, 2.24) is 0 Å². The first-order valence-electron chi connectivity index (χ1n) is 3.52. The van der Waals surface area contributed by atoms with Gasteiger partial charge in [0.15, 0.2) is 0 Å². The van der Waals surface area contributed by atoms with Gasteiger partial charge in [0.1, 0.15) is 4.31 Å². The molecule has 5 nitrogen and oxygen atoms in total. The van der Waals surface area contributed by atoms with Gasteiger partial charge in [-0.05, 0) is 11.5 Å². The van der Waals surface area contributed by atoms with Crippen molar-refractivity contribution in [2.24, 2.45) is 0 Å². The van der Waals surface area contributed by atoms with Gasteiger partial charge in [-0.2, -0.15) is 0 Å². The second-order valence-corrected chi connectivity index (χ2v) is 3.77. The summed E-state index contributed by atoms with van der Waals surface area (Å²) in [6.07, 6.45) is 0. The standard InChI is InChI=1S/C7H8.Na.O5P2/c1-7-5-3-2-4-6-7;;1-6(2)5-7(3)4/h2-6H,1H3;;/q;+1;/p+1. The molecule has 2 atom stereocenters. The monoisotopic (exact) mass is 258 g/mol. The number of rotatable bonds is 2. The van der Waals surface area contributed by atoms with Gasteiger partial charge < -0.3 is 4.89 Å². The molecule has 15 heavy (non-hydrogen) atoms. The second kappa shape index (κ2) is 10.8. The molecule has 0 aliphatic carbocycles. The van der Waals surface area contributed by atoms with Gasteiger partial charge in [-0.3, -0.25) is 0 Å². The van der Waals surface area contributed by atoms with E-state index in [1.54, 1.807) is 0 Å². The zero-order valence-electron chi connectivity index (χ0n) is 8.36. The maximum Gasteiger partial charge on any atom is 1.00 e. The Morgan fingerprint density at radius 2 is 1.73 bits per heavy atom. The minimum Gasteiger partial charge on any atom is -0.563 e. The van der Waals surface area contributed by atoms with Crippen molar-refractivity contribution < 1.29 is 52.8 Å². The summed E-state index contributed by atoms with van der Waals surface area (Å²) in [4.78, 5) is 16.9. The largest absolute Gasteiger partial charge is 1.00 e. The smallest absolute Gasteiger partial charge is 0.563 e. The Kier molecular flexibility index (Phi) is 12.7. The normalized spacial score (nSPS) is 10.3. The third kappa shape index (κ3) is 14.3. The van der Waals surface area contributed by atoms with Gasteiger partial charge in [0.25, 0.3) is 0 Å². The number of hydrogen-bond donors (Lipinski definition) is 1. The van der Waals surface area contributed by atoms with Crippen LogP contribution in [0.1, 0.15) is 5.56 Å². The van der Waals surface area contributed by atoms with Gasteiger partial charge in [0.2, 0.25) is 0 Å². The predicted molar refractivity (Wildman–Crippen MR) is 49.7 cm³/mol. The van der Waals surface area contributed by atoms with Crippen LogP contribution in [-0.2, 0) is 13.4 Å². The molecule has 0 heterocycles. The van der Waals surface area contributed by atoms with E-state index in [-0.39, 0.29) is 29.6 Å². The average molecular weight is 258 g/mol. The van der Waals surface area contributed by atoms with Crippen LogP contribution in [0.15, 0.2) is 30.3 Å². The third-order valence-corrected chi connectivity index (χ3v) is 2.17. The minimum absolute atomic E-state index is 0. The second-order valence-electron chi connectivity index (χ2n) is 2.20. The molecule has 0 amide bonds. The van der Waals surface area contributed by atoms with Crippen molar-refractivity contribution in [2.45, 2.75) is 6.92 Å². The maximum atomic E-state index is 9.35. The summed E-state index contributed by atoms with van der Waals surface area (Å²) in [5, 5.41) is 0. The van der Waals surface area contributed by atoms with Gasteiger partial charge in [0, 0.05) is 4.57 Å². The van der Waals surface area contributed by atoms with E-state index in [2.05, 4.69) is 23.4 Å². The molecular weight excluding hydrogens is 249 g/mol. The van der Waals surface area contributed by atoms with Gasteiger partial charge in [-0.1, -0.05) is 35.9 Å². The first kappa shape index (κ1) is 17.7.